The van der Waals surface area contributed by atoms with Crippen LogP contribution in [0, 0.1) is 5.92 Å². The quantitative estimate of drug-likeness (QED) is 0.651. The summed E-state index contributed by atoms with van der Waals surface area (Å²) in [6.07, 6.45) is 7.17. The zero-order valence-corrected chi connectivity index (χ0v) is 11.6. The minimum absolute atomic E-state index is 0.134. The molecule has 0 radical (unpaired) electrons. The molecular formula is C14H28N2O2. The first-order chi connectivity index (χ1) is 8.74. The molecule has 0 heterocycles. The van der Waals surface area contributed by atoms with Gasteiger partial charge in [0.25, 0.3) is 0 Å². The molecule has 1 fully saturated rings. The standard InChI is InChI=1S/C14H28N2O2/c1-2-3-9-18-10-5-8-16-14(17)12-6-4-7-13(15)11-12/h12-13H,2-11,15H2,1H3,(H,16,17). The van der Waals surface area contributed by atoms with Gasteiger partial charge < -0.3 is 15.8 Å². The summed E-state index contributed by atoms with van der Waals surface area (Å²) in [6, 6.07) is 0.215. The van der Waals surface area contributed by atoms with Crippen molar-refractivity contribution in [2.24, 2.45) is 11.7 Å². The highest BCUT2D eigenvalue weighted by Gasteiger charge is 2.24. The molecule has 1 aliphatic carbocycles. The van der Waals surface area contributed by atoms with E-state index in [9.17, 15) is 4.79 Å². The maximum Gasteiger partial charge on any atom is 0.223 e. The summed E-state index contributed by atoms with van der Waals surface area (Å²) >= 11 is 0. The lowest BCUT2D eigenvalue weighted by Gasteiger charge is -2.25. The highest BCUT2D eigenvalue weighted by molar-refractivity contribution is 5.78. The Morgan fingerprint density at radius 2 is 2.11 bits per heavy atom. The Morgan fingerprint density at radius 1 is 1.33 bits per heavy atom. The number of unbranched alkanes of at least 4 members (excludes halogenated alkanes) is 1. The summed E-state index contributed by atoms with van der Waals surface area (Å²) < 4.78 is 5.45. The molecule has 1 aliphatic rings. The van der Waals surface area contributed by atoms with Crippen LogP contribution in [0.1, 0.15) is 51.9 Å². The Bertz CT molecular complexity index is 234. The lowest BCUT2D eigenvalue weighted by atomic mass is 9.85. The number of amides is 1. The van der Waals surface area contributed by atoms with Crippen LogP contribution in [0.25, 0.3) is 0 Å². The number of hydrogen-bond donors (Lipinski definition) is 2. The number of hydrogen-bond acceptors (Lipinski definition) is 3. The zero-order chi connectivity index (χ0) is 13.2. The number of nitrogens with two attached hydrogens (primary N) is 1. The van der Waals surface area contributed by atoms with E-state index in [1.807, 2.05) is 0 Å². The summed E-state index contributed by atoms with van der Waals surface area (Å²) in [5, 5.41) is 2.99. The Kier molecular flexibility index (Phi) is 8.01. The molecule has 1 amide bonds. The second kappa shape index (κ2) is 9.34. The first-order valence-corrected chi connectivity index (χ1v) is 7.35. The second-order valence-corrected chi connectivity index (χ2v) is 5.23. The third-order valence-electron chi connectivity index (χ3n) is 3.49. The number of carbonyl (C=O) groups excluding carboxylic acids is 1. The van der Waals surface area contributed by atoms with Crippen LogP contribution in [0.4, 0.5) is 0 Å². The van der Waals surface area contributed by atoms with Gasteiger partial charge in [0.05, 0.1) is 0 Å². The lowest BCUT2D eigenvalue weighted by molar-refractivity contribution is -0.126. The minimum atomic E-state index is 0.134. The van der Waals surface area contributed by atoms with E-state index in [0.29, 0.717) is 0 Å². The average molecular weight is 256 g/mol. The van der Waals surface area contributed by atoms with Crippen molar-refractivity contribution < 1.29 is 9.53 Å². The predicted molar refractivity (Wildman–Crippen MR) is 73.3 cm³/mol. The van der Waals surface area contributed by atoms with Crippen LogP contribution in [-0.4, -0.2) is 31.7 Å². The van der Waals surface area contributed by atoms with Crippen LogP contribution in [0.2, 0.25) is 0 Å². The molecule has 0 aromatic rings. The van der Waals surface area contributed by atoms with Crippen LogP contribution in [0.15, 0.2) is 0 Å². The topological polar surface area (TPSA) is 64.3 Å². The van der Waals surface area contributed by atoms with Gasteiger partial charge in [0, 0.05) is 31.7 Å². The first kappa shape index (κ1) is 15.4. The van der Waals surface area contributed by atoms with E-state index in [1.165, 1.54) is 6.42 Å². The normalized spacial score (nSPS) is 23.9. The van der Waals surface area contributed by atoms with Crippen molar-refractivity contribution >= 4 is 5.91 Å². The number of ether oxygens (including phenoxy) is 1. The van der Waals surface area contributed by atoms with Crippen molar-refractivity contribution in [1.82, 2.24) is 5.32 Å². The fraction of sp³-hybridized carbons (Fsp3) is 0.929. The molecule has 0 aliphatic heterocycles. The Hall–Kier alpha value is -0.610. The molecule has 1 rings (SSSR count). The Labute approximate surface area is 111 Å². The van der Waals surface area contributed by atoms with Gasteiger partial charge >= 0.3 is 0 Å². The maximum absolute atomic E-state index is 11.9. The molecular weight excluding hydrogens is 228 g/mol. The number of nitrogens with one attached hydrogen (secondary N) is 1. The molecule has 3 N–H and O–H groups in total. The summed E-state index contributed by atoms with van der Waals surface area (Å²) in [5.74, 6) is 0.313. The summed E-state index contributed by atoms with van der Waals surface area (Å²) in [4.78, 5) is 11.9. The molecule has 2 unspecified atom stereocenters. The summed E-state index contributed by atoms with van der Waals surface area (Å²) in [6.45, 7) is 4.45. The van der Waals surface area contributed by atoms with Crippen LogP contribution in [0.5, 0.6) is 0 Å². The van der Waals surface area contributed by atoms with E-state index in [0.717, 1.165) is 58.3 Å². The van der Waals surface area contributed by atoms with Gasteiger partial charge in [-0.05, 0) is 32.1 Å². The fourth-order valence-corrected chi connectivity index (χ4v) is 2.34. The fourth-order valence-electron chi connectivity index (χ4n) is 2.34. The number of rotatable bonds is 8. The maximum atomic E-state index is 11.9. The molecule has 0 bridgehead atoms. The van der Waals surface area contributed by atoms with Gasteiger partial charge in [0.1, 0.15) is 0 Å². The highest BCUT2D eigenvalue weighted by Crippen LogP contribution is 2.22. The molecule has 0 aromatic carbocycles. The molecule has 4 nitrogen and oxygen atoms in total. The van der Waals surface area contributed by atoms with Gasteiger partial charge in [0.2, 0.25) is 5.91 Å². The minimum Gasteiger partial charge on any atom is -0.381 e. The van der Waals surface area contributed by atoms with Crippen LogP contribution >= 0.6 is 0 Å². The average Bonchev–Trinajstić information content (AvgIpc) is 2.37. The van der Waals surface area contributed by atoms with E-state index in [4.69, 9.17) is 10.5 Å². The molecule has 106 valence electrons. The summed E-state index contributed by atoms with van der Waals surface area (Å²) in [7, 11) is 0. The molecule has 2 atom stereocenters. The van der Waals surface area contributed by atoms with Gasteiger partial charge in [-0.15, -0.1) is 0 Å². The van der Waals surface area contributed by atoms with Gasteiger partial charge in [-0.25, -0.2) is 0 Å². The zero-order valence-electron chi connectivity index (χ0n) is 11.6. The molecule has 0 spiro atoms. The molecule has 1 saturated carbocycles. The highest BCUT2D eigenvalue weighted by atomic mass is 16.5. The van der Waals surface area contributed by atoms with Crippen molar-refractivity contribution in [3.05, 3.63) is 0 Å². The molecule has 0 saturated heterocycles. The third-order valence-corrected chi connectivity index (χ3v) is 3.49. The van der Waals surface area contributed by atoms with Gasteiger partial charge in [-0.1, -0.05) is 19.8 Å². The molecule has 0 aromatic heterocycles. The Morgan fingerprint density at radius 3 is 2.83 bits per heavy atom. The Balaban J connectivity index is 1.99. The van der Waals surface area contributed by atoms with E-state index in [-0.39, 0.29) is 17.9 Å². The van der Waals surface area contributed by atoms with Crippen LogP contribution in [-0.2, 0) is 9.53 Å². The molecule has 18 heavy (non-hydrogen) atoms. The smallest absolute Gasteiger partial charge is 0.223 e. The first-order valence-electron chi connectivity index (χ1n) is 7.35. The van der Waals surface area contributed by atoms with Crippen LogP contribution in [0.3, 0.4) is 0 Å². The van der Waals surface area contributed by atoms with Crippen molar-refractivity contribution in [1.29, 1.82) is 0 Å². The second-order valence-electron chi connectivity index (χ2n) is 5.23. The predicted octanol–water partition coefficient (Wildman–Crippen LogP) is 1.83. The lowest BCUT2D eigenvalue weighted by Crippen LogP contribution is -2.38. The van der Waals surface area contributed by atoms with E-state index >= 15 is 0 Å². The van der Waals surface area contributed by atoms with Crippen molar-refractivity contribution in [2.45, 2.75) is 57.9 Å². The SMILES string of the molecule is CCCCOCCCNC(=O)C1CCCC(N)C1. The third kappa shape index (κ3) is 6.36. The van der Waals surface area contributed by atoms with Gasteiger partial charge in [-0.2, -0.15) is 0 Å². The van der Waals surface area contributed by atoms with E-state index in [1.54, 1.807) is 0 Å². The van der Waals surface area contributed by atoms with Crippen molar-refractivity contribution in [3.63, 3.8) is 0 Å². The van der Waals surface area contributed by atoms with Gasteiger partial charge in [-0.3, -0.25) is 4.79 Å². The summed E-state index contributed by atoms with van der Waals surface area (Å²) in [5.41, 5.74) is 5.89. The van der Waals surface area contributed by atoms with Crippen molar-refractivity contribution in [2.75, 3.05) is 19.8 Å². The monoisotopic (exact) mass is 256 g/mol. The van der Waals surface area contributed by atoms with Crippen molar-refractivity contribution in [3.8, 4) is 0 Å². The largest absolute Gasteiger partial charge is 0.381 e. The van der Waals surface area contributed by atoms with Crippen LogP contribution < -0.4 is 11.1 Å². The number of carbonyl (C=O) groups is 1. The van der Waals surface area contributed by atoms with E-state index in [2.05, 4.69) is 12.2 Å². The van der Waals surface area contributed by atoms with E-state index < -0.39 is 0 Å². The van der Waals surface area contributed by atoms with Gasteiger partial charge in [0.15, 0.2) is 0 Å². The molecule has 4 heteroatoms.